The zero-order valence-electron chi connectivity index (χ0n) is 21.4. The summed E-state index contributed by atoms with van der Waals surface area (Å²) in [5, 5.41) is 3.91. The number of pyridine rings is 4. The third kappa shape index (κ3) is 4.01. The summed E-state index contributed by atoms with van der Waals surface area (Å²) in [4.78, 5) is 33.4. The SMILES string of the molecule is Fc1ccc(-c2nc(-c3ccc4ccc5cccnc5c4n3)nc(-c3ccc4ccc5cccnc5c4n3)n2)cc1. The topological polar surface area (TPSA) is 90.2 Å². The highest BCUT2D eigenvalue weighted by Crippen LogP contribution is 2.29. The quantitative estimate of drug-likeness (QED) is 0.223. The van der Waals surface area contributed by atoms with Gasteiger partial charge in [0.1, 0.15) is 17.2 Å². The molecule has 0 radical (unpaired) electrons. The smallest absolute Gasteiger partial charge is 0.182 e. The number of fused-ring (bicyclic) bond motifs is 6. The van der Waals surface area contributed by atoms with Gasteiger partial charge in [0, 0.05) is 39.5 Å². The Bertz CT molecular complexity index is 2150. The normalized spacial score (nSPS) is 11.5. The predicted octanol–water partition coefficient (Wildman–Crippen LogP) is 7.20. The number of rotatable bonds is 3. The fourth-order valence-corrected chi connectivity index (χ4v) is 5.03. The third-order valence-electron chi connectivity index (χ3n) is 7.06. The van der Waals surface area contributed by atoms with Crippen LogP contribution in [0.4, 0.5) is 4.39 Å². The molecule has 0 saturated carbocycles. The van der Waals surface area contributed by atoms with Gasteiger partial charge in [-0.3, -0.25) is 9.97 Å². The van der Waals surface area contributed by atoms with E-state index in [9.17, 15) is 4.39 Å². The van der Waals surface area contributed by atoms with E-state index in [1.807, 2.05) is 72.8 Å². The van der Waals surface area contributed by atoms with E-state index >= 15 is 0 Å². The minimum atomic E-state index is -0.339. The molecule has 0 bridgehead atoms. The van der Waals surface area contributed by atoms with Crippen molar-refractivity contribution < 1.29 is 4.39 Å². The average Bonchev–Trinajstić information content (AvgIpc) is 3.04. The molecule has 8 aromatic rings. The second-order valence-corrected chi connectivity index (χ2v) is 9.63. The van der Waals surface area contributed by atoms with Crippen molar-refractivity contribution in [2.75, 3.05) is 0 Å². The summed E-state index contributed by atoms with van der Waals surface area (Å²) in [5.74, 6) is 0.805. The van der Waals surface area contributed by atoms with Crippen molar-refractivity contribution in [2.45, 2.75) is 0 Å². The monoisotopic (exact) mass is 531 g/mol. The van der Waals surface area contributed by atoms with Gasteiger partial charge in [0.25, 0.3) is 0 Å². The Morgan fingerprint density at radius 2 is 0.829 bits per heavy atom. The van der Waals surface area contributed by atoms with Crippen LogP contribution in [-0.4, -0.2) is 34.9 Å². The van der Waals surface area contributed by atoms with Crippen molar-refractivity contribution >= 4 is 43.6 Å². The largest absolute Gasteiger partial charge is 0.254 e. The number of hydrogen-bond donors (Lipinski definition) is 0. The van der Waals surface area contributed by atoms with E-state index < -0.39 is 0 Å². The molecule has 0 aliphatic rings. The highest BCUT2D eigenvalue weighted by Gasteiger charge is 2.16. The second-order valence-electron chi connectivity index (χ2n) is 9.63. The molecule has 8 rings (SSSR count). The lowest BCUT2D eigenvalue weighted by atomic mass is 10.1. The van der Waals surface area contributed by atoms with E-state index in [0.717, 1.165) is 43.6 Å². The highest BCUT2D eigenvalue weighted by molar-refractivity contribution is 6.04. The molecule has 0 spiro atoms. The molecule has 7 nitrogen and oxygen atoms in total. The Balaban J connectivity index is 1.36. The zero-order chi connectivity index (χ0) is 27.3. The van der Waals surface area contributed by atoms with E-state index in [0.29, 0.717) is 34.4 Å². The molecule has 0 unspecified atom stereocenters. The van der Waals surface area contributed by atoms with E-state index in [4.69, 9.17) is 24.9 Å². The first-order chi connectivity index (χ1) is 20.2. The van der Waals surface area contributed by atoms with Crippen LogP contribution >= 0.6 is 0 Å². The zero-order valence-corrected chi connectivity index (χ0v) is 21.4. The van der Waals surface area contributed by atoms with Crippen LogP contribution in [0, 0.1) is 5.82 Å². The molecular formula is C33H18FN7. The molecule has 192 valence electrons. The van der Waals surface area contributed by atoms with Crippen LogP contribution in [0.5, 0.6) is 0 Å². The van der Waals surface area contributed by atoms with E-state index in [2.05, 4.69) is 9.97 Å². The number of hydrogen-bond acceptors (Lipinski definition) is 7. The molecular weight excluding hydrogens is 513 g/mol. The Morgan fingerprint density at radius 1 is 0.390 bits per heavy atom. The predicted molar refractivity (Wildman–Crippen MR) is 157 cm³/mol. The highest BCUT2D eigenvalue weighted by atomic mass is 19.1. The van der Waals surface area contributed by atoms with E-state index in [1.165, 1.54) is 12.1 Å². The van der Waals surface area contributed by atoms with Crippen LogP contribution in [0.25, 0.3) is 78.0 Å². The summed E-state index contributed by atoms with van der Waals surface area (Å²) in [6, 6.07) is 29.7. The third-order valence-corrected chi connectivity index (χ3v) is 7.06. The van der Waals surface area contributed by atoms with Crippen LogP contribution in [0.15, 0.2) is 109 Å². The first kappa shape index (κ1) is 23.2. The lowest BCUT2D eigenvalue weighted by Crippen LogP contribution is -2.02. The van der Waals surface area contributed by atoms with Crippen molar-refractivity contribution in [3.8, 4) is 34.4 Å². The Kier molecular flexibility index (Phi) is 5.18. The van der Waals surface area contributed by atoms with Crippen molar-refractivity contribution in [1.82, 2.24) is 34.9 Å². The Morgan fingerprint density at radius 3 is 1.34 bits per heavy atom. The molecule has 0 aliphatic heterocycles. The average molecular weight is 532 g/mol. The van der Waals surface area contributed by atoms with Crippen LogP contribution in [-0.2, 0) is 0 Å². The molecule has 41 heavy (non-hydrogen) atoms. The van der Waals surface area contributed by atoms with Gasteiger partial charge in [-0.2, -0.15) is 0 Å². The molecule has 0 fully saturated rings. The summed E-state index contributed by atoms with van der Waals surface area (Å²) in [7, 11) is 0. The lowest BCUT2D eigenvalue weighted by molar-refractivity contribution is 0.628. The maximum atomic E-state index is 13.8. The summed E-state index contributed by atoms with van der Waals surface area (Å²) in [5.41, 5.74) is 4.90. The van der Waals surface area contributed by atoms with Gasteiger partial charge >= 0.3 is 0 Å². The second kappa shape index (κ2) is 9.17. The molecule has 5 heterocycles. The molecule has 5 aromatic heterocycles. The van der Waals surface area contributed by atoms with Gasteiger partial charge in [0.05, 0.1) is 22.1 Å². The maximum absolute atomic E-state index is 13.8. The molecule has 8 heteroatoms. The maximum Gasteiger partial charge on any atom is 0.182 e. The summed E-state index contributed by atoms with van der Waals surface area (Å²) >= 11 is 0. The van der Waals surface area contributed by atoms with Crippen molar-refractivity contribution in [2.24, 2.45) is 0 Å². The van der Waals surface area contributed by atoms with Gasteiger partial charge in [0.2, 0.25) is 0 Å². The van der Waals surface area contributed by atoms with Crippen molar-refractivity contribution in [3.63, 3.8) is 0 Å². The minimum Gasteiger partial charge on any atom is -0.254 e. The molecule has 0 amide bonds. The Hall–Kier alpha value is -5.76. The summed E-state index contributed by atoms with van der Waals surface area (Å²) < 4.78 is 13.8. The van der Waals surface area contributed by atoms with Gasteiger partial charge < -0.3 is 0 Å². The summed E-state index contributed by atoms with van der Waals surface area (Å²) in [6.45, 7) is 0. The molecule has 0 N–H and O–H groups in total. The number of benzene rings is 3. The van der Waals surface area contributed by atoms with Gasteiger partial charge in [0.15, 0.2) is 17.5 Å². The molecule has 0 atom stereocenters. The first-order valence-corrected chi connectivity index (χ1v) is 13.0. The lowest BCUT2D eigenvalue weighted by Gasteiger charge is -2.10. The van der Waals surface area contributed by atoms with E-state index in [-0.39, 0.29) is 5.82 Å². The number of nitrogens with zero attached hydrogens (tertiary/aromatic N) is 7. The fourth-order valence-electron chi connectivity index (χ4n) is 5.03. The van der Waals surface area contributed by atoms with Gasteiger partial charge in [-0.05, 0) is 48.5 Å². The number of halogens is 1. The van der Waals surface area contributed by atoms with Crippen molar-refractivity contribution in [1.29, 1.82) is 0 Å². The van der Waals surface area contributed by atoms with Gasteiger partial charge in [-0.25, -0.2) is 29.3 Å². The number of aromatic nitrogens is 7. The van der Waals surface area contributed by atoms with Crippen LogP contribution in [0.2, 0.25) is 0 Å². The minimum absolute atomic E-state index is 0.339. The standard InChI is InChI=1S/C33H18FN7/c34-24-13-9-23(10-14-24)31-39-32(25-15-11-21-7-5-19-3-1-17-35-27(19)29(21)37-25)41-33(40-31)26-16-12-22-8-6-20-4-2-18-36-28(20)30(22)38-26/h1-18H. The first-order valence-electron chi connectivity index (χ1n) is 13.0. The van der Waals surface area contributed by atoms with Crippen LogP contribution in [0.1, 0.15) is 0 Å². The van der Waals surface area contributed by atoms with Gasteiger partial charge in [-0.1, -0.05) is 48.5 Å². The van der Waals surface area contributed by atoms with Crippen molar-refractivity contribution in [3.05, 3.63) is 115 Å². The fraction of sp³-hybridized carbons (Fsp3) is 0. The Labute approximate surface area is 232 Å². The summed E-state index contributed by atoms with van der Waals surface area (Å²) in [6.07, 6.45) is 3.52. The molecule has 0 saturated heterocycles. The van der Waals surface area contributed by atoms with Crippen LogP contribution < -0.4 is 0 Å². The molecule has 0 aliphatic carbocycles. The van der Waals surface area contributed by atoms with Gasteiger partial charge in [-0.15, -0.1) is 0 Å². The molecule has 3 aromatic carbocycles. The van der Waals surface area contributed by atoms with E-state index in [1.54, 1.807) is 24.5 Å². The van der Waals surface area contributed by atoms with Crippen LogP contribution in [0.3, 0.4) is 0 Å².